The number of anilines is 2. The third-order valence-corrected chi connectivity index (χ3v) is 1.96. The van der Waals surface area contributed by atoms with Crippen LogP contribution >= 0.6 is 0 Å². The zero-order valence-electron chi connectivity index (χ0n) is 8.51. The Balaban J connectivity index is 2.96. The number of ketones is 1. The number of rotatable bonds is 5. The van der Waals surface area contributed by atoms with Crippen LogP contribution in [0.3, 0.4) is 0 Å². The van der Waals surface area contributed by atoms with E-state index in [4.69, 9.17) is 5.73 Å². The maximum Gasteiger partial charge on any atom is 0.206 e. The van der Waals surface area contributed by atoms with Gasteiger partial charge in [-0.1, -0.05) is 12.1 Å². The van der Waals surface area contributed by atoms with E-state index in [9.17, 15) is 24.6 Å². The highest BCUT2D eigenvalue weighted by Crippen LogP contribution is 2.17. The van der Waals surface area contributed by atoms with Crippen molar-refractivity contribution in [2.24, 2.45) is 0 Å². The van der Waals surface area contributed by atoms with E-state index >= 15 is 0 Å². The number of para-hydroxylation sites is 2. The molecule has 7 heteroatoms. The molecule has 0 fully saturated rings. The number of hydrogen-bond acceptors (Lipinski definition) is 7. The molecule has 0 aliphatic heterocycles. The van der Waals surface area contributed by atoms with Crippen LogP contribution in [0.1, 0.15) is 0 Å². The second kappa shape index (κ2) is 4.97. The highest BCUT2D eigenvalue weighted by atomic mass is 16.4. The Kier molecular flexibility index (Phi) is 3.66. The minimum Gasteiger partial charge on any atom is -0.547 e. The van der Waals surface area contributed by atoms with Gasteiger partial charge in [0.2, 0.25) is 5.78 Å². The van der Waals surface area contributed by atoms with Gasteiger partial charge in [-0.15, -0.1) is 0 Å². The molecule has 0 amide bonds. The molecular formula is C10H8N2O5-2. The van der Waals surface area contributed by atoms with Crippen LogP contribution < -0.4 is 21.3 Å². The third kappa shape index (κ3) is 2.94. The Morgan fingerprint density at radius 2 is 1.76 bits per heavy atom. The minimum atomic E-state index is -2.11. The molecule has 17 heavy (non-hydrogen) atoms. The molecule has 1 atom stereocenters. The van der Waals surface area contributed by atoms with E-state index in [0.717, 1.165) is 0 Å². The Hall–Kier alpha value is -2.57. The van der Waals surface area contributed by atoms with Crippen molar-refractivity contribution >= 4 is 29.1 Å². The van der Waals surface area contributed by atoms with Crippen molar-refractivity contribution in [3.63, 3.8) is 0 Å². The van der Waals surface area contributed by atoms with E-state index in [0.29, 0.717) is 0 Å². The molecule has 0 aliphatic carbocycles. The van der Waals surface area contributed by atoms with Crippen LogP contribution in [0.4, 0.5) is 11.4 Å². The van der Waals surface area contributed by atoms with Gasteiger partial charge in [-0.25, -0.2) is 0 Å². The Labute approximate surface area is 95.9 Å². The highest BCUT2D eigenvalue weighted by Gasteiger charge is 2.21. The van der Waals surface area contributed by atoms with Crippen molar-refractivity contribution < 1.29 is 24.6 Å². The summed E-state index contributed by atoms with van der Waals surface area (Å²) >= 11 is 0. The summed E-state index contributed by atoms with van der Waals surface area (Å²) < 4.78 is 0. The summed E-state index contributed by atoms with van der Waals surface area (Å²) in [7, 11) is 0. The Morgan fingerprint density at radius 3 is 2.24 bits per heavy atom. The quantitative estimate of drug-likeness (QED) is 0.318. The number of nitrogens with two attached hydrogens (primary N) is 1. The van der Waals surface area contributed by atoms with Gasteiger partial charge in [-0.05, 0) is 12.1 Å². The van der Waals surface area contributed by atoms with Gasteiger partial charge >= 0.3 is 0 Å². The number of carbonyl (C=O) groups excluding carboxylic acids is 3. The molecule has 0 heterocycles. The van der Waals surface area contributed by atoms with Gasteiger partial charge in [0.25, 0.3) is 0 Å². The first-order valence-corrected chi connectivity index (χ1v) is 4.50. The van der Waals surface area contributed by atoms with Crippen LogP contribution in [-0.2, 0) is 14.4 Å². The fraction of sp³-hybridized carbons (Fsp3) is 0.100. The van der Waals surface area contributed by atoms with Gasteiger partial charge in [-0.3, -0.25) is 4.79 Å². The van der Waals surface area contributed by atoms with Crippen LogP contribution in [0, 0.1) is 0 Å². The number of carboxylic acid groups (broad SMARTS) is 2. The molecule has 1 aromatic carbocycles. The predicted molar refractivity (Wildman–Crippen MR) is 53.3 cm³/mol. The summed E-state index contributed by atoms with van der Waals surface area (Å²) in [5, 5.41) is 23.1. The van der Waals surface area contributed by atoms with Crippen LogP contribution in [-0.4, -0.2) is 23.8 Å². The van der Waals surface area contributed by atoms with Crippen molar-refractivity contribution in [3.05, 3.63) is 24.3 Å². The molecule has 0 spiro atoms. The van der Waals surface area contributed by atoms with E-state index in [-0.39, 0.29) is 11.4 Å². The minimum absolute atomic E-state index is 0.122. The van der Waals surface area contributed by atoms with E-state index < -0.39 is 23.8 Å². The molecule has 0 aromatic heterocycles. The molecule has 0 saturated heterocycles. The molecule has 3 N–H and O–H groups in total. The predicted octanol–water partition coefficient (Wildman–Crippen LogP) is -2.88. The number of Topliss-reactive ketones (excluding diaryl/α,β-unsaturated/α-hetero) is 1. The smallest absolute Gasteiger partial charge is 0.206 e. The SMILES string of the molecule is Nc1ccccc1N[C@H](C(=O)[O-])C(=O)C(=O)[O-]. The van der Waals surface area contributed by atoms with E-state index in [1.807, 2.05) is 0 Å². The first kappa shape index (κ1) is 12.5. The fourth-order valence-corrected chi connectivity index (χ4v) is 1.13. The Morgan fingerprint density at radius 1 is 1.18 bits per heavy atom. The largest absolute Gasteiger partial charge is 0.547 e. The Bertz CT molecular complexity index is 472. The second-order valence-electron chi connectivity index (χ2n) is 3.14. The van der Waals surface area contributed by atoms with Gasteiger partial charge in [0.05, 0.1) is 17.3 Å². The molecule has 7 nitrogen and oxygen atoms in total. The number of carboxylic acids is 2. The molecule has 0 bridgehead atoms. The maximum absolute atomic E-state index is 11.0. The average Bonchev–Trinajstić information content (AvgIpc) is 2.26. The van der Waals surface area contributed by atoms with Gasteiger partial charge < -0.3 is 30.9 Å². The maximum atomic E-state index is 11.0. The summed E-state index contributed by atoms with van der Waals surface area (Å²) in [6.45, 7) is 0. The standard InChI is InChI=1S/C10H10N2O5/c11-5-3-1-2-4-6(5)12-7(9(14)15)8(13)10(16)17/h1-4,7,12H,11H2,(H,14,15)(H,16,17)/p-2/t7-/m0/s1. The van der Waals surface area contributed by atoms with E-state index in [2.05, 4.69) is 5.32 Å². The molecular weight excluding hydrogens is 228 g/mol. The summed E-state index contributed by atoms with van der Waals surface area (Å²) in [5.74, 6) is -5.61. The lowest BCUT2D eigenvalue weighted by molar-refractivity contribution is -0.310. The molecule has 0 saturated carbocycles. The number of aliphatic carboxylic acids is 2. The van der Waals surface area contributed by atoms with Crippen molar-refractivity contribution in [2.75, 3.05) is 11.1 Å². The van der Waals surface area contributed by atoms with Gasteiger partial charge in [0, 0.05) is 0 Å². The lowest BCUT2D eigenvalue weighted by Crippen LogP contribution is -2.52. The highest BCUT2D eigenvalue weighted by molar-refractivity contribution is 6.38. The topological polar surface area (TPSA) is 135 Å². The zero-order valence-corrected chi connectivity index (χ0v) is 8.51. The summed E-state index contributed by atoms with van der Waals surface area (Å²) in [6, 6.07) is 3.94. The van der Waals surface area contributed by atoms with Crippen molar-refractivity contribution in [1.29, 1.82) is 0 Å². The molecule has 1 rings (SSSR count). The molecule has 1 aromatic rings. The second-order valence-corrected chi connectivity index (χ2v) is 3.14. The summed E-state index contributed by atoms with van der Waals surface area (Å²) in [4.78, 5) is 31.9. The number of nitrogen functional groups attached to an aromatic ring is 1. The number of benzene rings is 1. The summed E-state index contributed by atoms with van der Waals surface area (Å²) in [6.07, 6.45) is 0. The lowest BCUT2D eigenvalue weighted by Gasteiger charge is -2.20. The zero-order chi connectivity index (χ0) is 13.0. The fourth-order valence-electron chi connectivity index (χ4n) is 1.13. The van der Waals surface area contributed by atoms with Crippen molar-refractivity contribution in [3.8, 4) is 0 Å². The van der Waals surface area contributed by atoms with E-state index in [1.165, 1.54) is 18.2 Å². The van der Waals surface area contributed by atoms with Gasteiger partial charge in [-0.2, -0.15) is 0 Å². The summed E-state index contributed by atoms with van der Waals surface area (Å²) in [5.41, 5.74) is 5.79. The molecule has 90 valence electrons. The number of nitrogens with one attached hydrogen (secondary N) is 1. The van der Waals surface area contributed by atoms with Crippen molar-refractivity contribution in [2.45, 2.75) is 6.04 Å². The number of hydrogen-bond donors (Lipinski definition) is 2. The van der Waals surface area contributed by atoms with E-state index in [1.54, 1.807) is 6.07 Å². The molecule has 0 aliphatic rings. The van der Waals surface area contributed by atoms with Crippen LogP contribution in [0.25, 0.3) is 0 Å². The third-order valence-electron chi connectivity index (χ3n) is 1.96. The molecule has 0 radical (unpaired) electrons. The monoisotopic (exact) mass is 236 g/mol. The van der Waals surface area contributed by atoms with Crippen molar-refractivity contribution in [1.82, 2.24) is 0 Å². The first-order chi connectivity index (χ1) is 7.93. The van der Waals surface area contributed by atoms with Crippen LogP contribution in [0.15, 0.2) is 24.3 Å². The normalized spacial score (nSPS) is 11.5. The lowest BCUT2D eigenvalue weighted by atomic mass is 10.1. The average molecular weight is 236 g/mol. The van der Waals surface area contributed by atoms with Gasteiger partial charge in [0.1, 0.15) is 12.0 Å². The first-order valence-electron chi connectivity index (χ1n) is 4.50. The van der Waals surface area contributed by atoms with Crippen LogP contribution in [0.2, 0.25) is 0 Å². The number of carbonyl (C=O) groups is 3. The van der Waals surface area contributed by atoms with Gasteiger partial charge in [0.15, 0.2) is 0 Å². The molecule has 0 unspecified atom stereocenters. The van der Waals surface area contributed by atoms with Crippen LogP contribution in [0.5, 0.6) is 0 Å².